The molecule has 0 saturated carbocycles. The zero-order chi connectivity index (χ0) is 15.4. The monoisotopic (exact) mass is 308 g/mol. The van der Waals surface area contributed by atoms with Gasteiger partial charge in [-0.05, 0) is 18.6 Å². The SMILES string of the molecule is Cc1ccccc1NC(=O)C[C@@H]1SC[C@@H](C(=O)O)NC1=O. The minimum absolute atomic E-state index is 0.0250. The normalized spacial score (nSPS) is 21.5. The summed E-state index contributed by atoms with van der Waals surface area (Å²) in [7, 11) is 0. The minimum atomic E-state index is -1.06. The van der Waals surface area contributed by atoms with Gasteiger partial charge in [-0.25, -0.2) is 4.79 Å². The van der Waals surface area contributed by atoms with Crippen LogP contribution in [0.3, 0.4) is 0 Å². The summed E-state index contributed by atoms with van der Waals surface area (Å²) in [5, 5.41) is 13.5. The first-order valence-corrected chi connectivity index (χ1v) is 7.52. The van der Waals surface area contributed by atoms with Gasteiger partial charge in [0, 0.05) is 17.9 Å². The molecule has 1 aliphatic heterocycles. The van der Waals surface area contributed by atoms with E-state index in [9.17, 15) is 14.4 Å². The molecule has 2 rings (SSSR count). The molecule has 112 valence electrons. The molecule has 2 atom stereocenters. The van der Waals surface area contributed by atoms with Crippen LogP contribution in [0.5, 0.6) is 0 Å². The van der Waals surface area contributed by atoms with E-state index in [1.54, 1.807) is 6.07 Å². The Morgan fingerprint density at radius 3 is 2.76 bits per heavy atom. The van der Waals surface area contributed by atoms with Crippen molar-refractivity contribution < 1.29 is 19.5 Å². The first-order chi connectivity index (χ1) is 9.97. The number of carboxylic acids is 1. The van der Waals surface area contributed by atoms with Crippen molar-refractivity contribution in [1.82, 2.24) is 5.32 Å². The Kier molecular flexibility index (Phi) is 4.85. The van der Waals surface area contributed by atoms with Crippen LogP contribution >= 0.6 is 11.8 Å². The van der Waals surface area contributed by atoms with Gasteiger partial charge >= 0.3 is 5.97 Å². The Bertz CT molecular complexity index is 576. The molecule has 3 N–H and O–H groups in total. The van der Waals surface area contributed by atoms with Crippen molar-refractivity contribution in [2.75, 3.05) is 11.1 Å². The number of hydrogen-bond donors (Lipinski definition) is 3. The van der Waals surface area contributed by atoms with Gasteiger partial charge in [-0.2, -0.15) is 0 Å². The van der Waals surface area contributed by atoms with Crippen LogP contribution < -0.4 is 10.6 Å². The summed E-state index contributed by atoms with van der Waals surface area (Å²) in [5.74, 6) is -1.45. The maximum absolute atomic E-state index is 12.0. The van der Waals surface area contributed by atoms with Gasteiger partial charge in [-0.15, -0.1) is 11.8 Å². The van der Waals surface area contributed by atoms with E-state index in [2.05, 4.69) is 10.6 Å². The first-order valence-electron chi connectivity index (χ1n) is 6.47. The summed E-state index contributed by atoms with van der Waals surface area (Å²) in [6.07, 6.45) is 0.0250. The standard InChI is InChI=1S/C14H16N2O4S/c1-8-4-2-3-5-9(8)15-12(17)6-11-13(18)16-10(7-21-11)14(19)20/h2-5,10-11H,6-7H2,1H3,(H,15,17)(H,16,18)(H,19,20)/t10-,11-/m0/s1. The lowest BCUT2D eigenvalue weighted by atomic mass is 10.2. The lowest BCUT2D eigenvalue weighted by Crippen LogP contribution is -2.51. The van der Waals surface area contributed by atoms with Crippen molar-refractivity contribution in [2.45, 2.75) is 24.6 Å². The molecule has 21 heavy (non-hydrogen) atoms. The number of aryl methyl sites for hydroxylation is 1. The third-order valence-corrected chi connectivity index (χ3v) is 4.47. The maximum atomic E-state index is 12.0. The third-order valence-electron chi connectivity index (χ3n) is 3.16. The highest BCUT2D eigenvalue weighted by molar-refractivity contribution is 8.00. The van der Waals surface area contributed by atoms with Crippen molar-refractivity contribution in [2.24, 2.45) is 0 Å². The van der Waals surface area contributed by atoms with E-state index in [1.165, 1.54) is 11.8 Å². The van der Waals surface area contributed by atoms with Gasteiger partial charge in [-0.3, -0.25) is 9.59 Å². The Balaban J connectivity index is 1.90. The van der Waals surface area contributed by atoms with Gasteiger partial charge < -0.3 is 15.7 Å². The van der Waals surface area contributed by atoms with Crippen molar-refractivity contribution in [3.63, 3.8) is 0 Å². The van der Waals surface area contributed by atoms with Crippen LogP contribution in [0.15, 0.2) is 24.3 Å². The quantitative estimate of drug-likeness (QED) is 0.771. The highest BCUT2D eigenvalue weighted by atomic mass is 32.2. The second kappa shape index (κ2) is 6.62. The molecule has 0 unspecified atom stereocenters. The predicted octanol–water partition coefficient (Wildman–Crippen LogP) is 1.01. The fourth-order valence-corrected chi connectivity index (χ4v) is 3.10. The lowest BCUT2D eigenvalue weighted by Gasteiger charge is -2.25. The Hall–Kier alpha value is -2.02. The molecule has 0 bridgehead atoms. The van der Waals surface area contributed by atoms with Gasteiger partial charge in [0.15, 0.2) is 0 Å². The van der Waals surface area contributed by atoms with E-state index in [-0.39, 0.29) is 18.1 Å². The van der Waals surface area contributed by atoms with Crippen LogP contribution in [-0.4, -0.2) is 39.9 Å². The molecule has 1 fully saturated rings. The molecule has 0 spiro atoms. The predicted molar refractivity (Wildman–Crippen MR) is 80.2 cm³/mol. The minimum Gasteiger partial charge on any atom is -0.480 e. The molecule has 1 aromatic carbocycles. The molecule has 7 heteroatoms. The molecule has 2 amide bonds. The Morgan fingerprint density at radius 2 is 2.14 bits per heavy atom. The molecule has 1 aromatic rings. The number of rotatable bonds is 4. The molecule has 1 heterocycles. The summed E-state index contributed by atoms with van der Waals surface area (Å²) < 4.78 is 0. The molecule has 1 aliphatic rings. The van der Waals surface area contributed by atoms with Gasteiger partial charge in [0.2, 0.25) is 11.8 Å². The summed E-state index contributed by atoms with van der Waals surface area (Å²) in [6.45, 7) is 1.88. The number of anilines is 1. The molecule has 0 radical (unpaired) electrons. The molecular formula is C14H16N2O4S. The number of aliphatic carboxylic acids is 1. The van der Waals surface area contributed by atoms with E-state index in [4.69, 9.17) is 5.11 Å². The zero-order valence-electron chi connectivity index (χ0n) is 11.5. The van der Waals surface area contributed by atoms with Crippen molar-refractivity contribution in [3.05, 3.63) is 29.8 Å². The summed E-state index contributed by atoms with van der Waals surface area (Å²) in [6, 6.07) is 6.50. The van der Waals surface area contributed by atoms with Crippen LogP contribution in [0.2, 0.25) is 0 Å². The topological polar surface area (TPSA) is 95.5 Å². The molecule has 1 saturated heterocycles. The number of carbonyl (C=O) groups excluding carboxylic acids is 2. The van der Waals surface area contributed by atoms with Crippen molar-refractivity contribution >= 4 is 35.2 Å². The van der Waals surface area contributed by atoms with E-state index in [0.717, 1.165) is 5.56 Å². The molecule has 0 aliphatic carbocycles. The van der Waals surface area contributed by atoms with Crippen LogP contribution in [0, 0.1) is 6.92 Å². The number of hydrogen-bond acceptors (Lipinski definition) is 4. The van der Waals surface area contributed by atoms with E-state index in [1.807, 2.05) is 25.1 Å². The van der Waals surface area contributed by atoms with Crippen molar-refractivity contribution in [1.29, 1.82) is 0 Å². The van der Waals surface area contributed by atoms with Crippen LogP contribution in [0.1, 0.15) is 12.0 Å². The van der Waals surface area contributed by atoms with Crippen LogP contribution in [0.4, 0.5) is 5.69 Å². The highest BCUT2D eigenvalue weighted by Gasteiger charge is 2.33. The summed E-state index contributed by atoms with van der Waals surface area (Å²) in [4.78, 5) is 34.6. The maximum Gasteiger partial charge on any atom is 0.327 e. The average molecular weight is 308 g/mol. The Labute approximate surface area is 126 Å². The number of carboxylic acid groups (broad SMARTS) is 1. The van der Waals surface area contributed by atoms with E-state index >= 15 is 0 Å². The molecule has 6 nitrogen and oxygen atoms in total. The first kappa shape index (κ1) is 15.4. The fraction of sp³-hybridized carbons (Fsp3) is 0.357. The second-order valence-corrected chi connectivity index (χ2v) is 6.02. The van der Waals surface area contributed by atoms with Gasteiger partial charge in [0.1, 0.15) is 6.04 Å². The lowest BCUT2D eigenvalue weighted by molar-refractivity contribution is -0.141. The number of thioether (sulfide) groups is 1. The fourth-order valence-electron chi connectivity index (χ4n) is 1.96. The number of amides is 2. The van der Waals surface area contributed by atoms with E-state index < -0.39 is 23.2 Å². The number of para-hydroxylation sites is 1. The van der Waals surface area contributed by atoms with Crippen LogP contribution in [-0.2, 0) is 14.4 Å². The largest absolute Gasteiger partial charge is 0.480 e. The van der Waals surface area contributed by atoms with Crippen molar-refractivity contribution in [3.8, 4) is 0 Å². The molecular weight excluding hydrogens is 292 g/mol. The van der Waals surface area contributed by atoms with Gasteiger partial charge in [0.25, 0.3) is 0 Å². The average Bonchev–Trinajstić information content (AvgIpc) is 2.43. The third kappa shape index (κ3) is 3.98. The second-order valence-electron chi connectivity index (χ2n) is 4.79. The van der Waals surface area contributed by atoms with Gasteiger partial charge in [0.05, 0.1) is 5.25 Å². The van der Waals surface area contributed by atoms with Crippen LogP contribution in [0.25, 0.3) is 0 Å². The highest BCUT2D eigenvalue weighted by Crippen LogP contribution is 2.22. The Morgan fingerprint density at radius 1 is 1.43 bits per heavy atom. The number of benzene rings is 1. The van der Waals surface area contributed by atoms with E-state index in [0.29, 0.717) is 5.69 Å². The molecule has 0 aromatic heterocycles. The zero-order valence-corrected chi connectivity index (χ0v) is 12.3. The number of nitrogens with one attached hydrogen (secondary N) is 2. The van der Waals surface area contributed by atoms with Gasteiger partial charge in [-0.1, -0.05) is 18.2 Å². The number of carbonyl (C=O) groups is 3. The smallest absolute Gasteiger partial charge is 0.327 e. The summed E-state index contributed by atoms with van der Waals surface area (Å²) >= 11 is 1.20. The summed E-state index contributed by atoms with van der Waals surface area (Å²) in [5.41, 5.74) is 1.66.